The van der Waals surface area contributed by atoms with Gasteiger partial charge in [0.15, 0.2) is 0 Å². The van der Waals surface area contributed by atoms with Crippen LogP contribution in [0.25, 0.3) is 10.9 Å². The van der Waals surface area contributed by atoms with Gasteiger partial charge in [-0.05, 0) is 30.4 Å². The van der Waals surface area contributed by atoms with Gasteiger partial charge < -0.3 is 9.72 Å². The van der Waals surface area contributed by atoms with Crippen molar-refractivity contribution in [2.24, 2.45) is 5.92 Å². The summed E-state index contributed by atoms with van der Waals surface area (Å²) in [5.41, 5.74) is -1.86. The fraction of sp³-hybridized carbons (Fsp3) is 0.450. The molecule has 1 fully saturated rings. The molecule has 1 aromatic heterocycles. The highest BCUT2D eigenvalue weighted by atomic mass is 19.4. The van der Waals surface area contributed by atoms with Crippen molar-refractivity contribution >= 4 is 16.9 Å². The van der Waals surface area contributed by atoms with Crippen LogP contribution in [0, 0.1) is 5.92 Å². The second-order valence-electron chi connectivity index (χ2n) is 8.06. The smallest absolute Gasteiger partial charge is 0.372 e. The Kier molecular flexibility index (Phi) is 3.91. The number of nitrogens with zero attached hydrogens (tertiary/aromatic N) is 1. The molecule has 4 bridgehead atoms. The fourth-order valence-corrected chi connectivity index (χ4v) is 5.52. The largest absolute Gasteiger partial charge is 0.575 e. The number of aromatic amines is 1. The Labute approximate surface area is 166 Å². The predicted octanol–water partition coefficient (Wildman–Crippen LogP) is 4.22. The van der Waals surface area contributed by atoms with Gasteiger partial charge in [0.1, 0.15) is 5.41 Å². The topological polar surface area (TPSA) is 45.3 Å². The lowest BCUT2D eigenvalue weighted by Crippen LogP contribution is -2.65. The van der Waals surface area contributed by atoms with E-state index in [4.69, 9.17) is 0 Å². The van der Waals surface area contributed by atoms with Crippen LogP contribution >= 0.6 is 0 Å². The molecule has 4 aliphatic rings. The number of esters is 1. The zero-order valence-electron chi connectivity index (χ0n) is 15.4. The third kappa shape index (κ3) is 2.69. The third-order valence-corrected chi connectivity index (χ3v) is 6.40. The highest BCUT2D eigenvalue weighted by Crippen LogP contribution is 2.55. The van der Waals surface area contributed by atoms with Crippen LogP contribution in [0.3, 0.4) is 0 Å². The number of hydrogen-bond acceptors (Lipinski definition) is 3. The summed E-state index contributed by atoms with van der Waals surface area (Å²) < 4.78 is 84.6. The summed E-state index contributed by atoms with van der Waals surface area (Å²) >= 11 is 0. The maximum Gasteiger partial charge on any atom is 0.575 e. The molecule has 1 saturated heterocycles. The number of ether oxygens (including phenoxy) is 1. The Balaban J connectivity index is 1.79. The molecule has 30 heavy (non-hydrogen) atoms. The average Bonchev–Trinajstić information content (AvgIpc) is 2.98. The van der Waals surface area contributed by atoms with Crippen molar-refractivity contribution in [2.75, 3.05) is 13.1 Å². The summed E-state index contributed by atoms with van der Waals surface area (Å²) in [6.07, 6.45) is -8.87. The van der Waals surface area contributed by atoms with Crippen molar-refractivity contribution in [3.63, 3.8) is 0 Å². The molecule has 160 valence electrons. The lowest BCUT2D eigenvalue weighted by Gasteiger charge is -2.53. The molecule has 4 heterocycles. The number of hydrogen-bond donors (Lipinski definition) is 1. The van der Waals surface area contributed by atoms with Crippen LogP contribution < -0.4 is 0 Å². The number of nitrogens with one attached hydrogen (secondary N) is 1. The standard InChI is InChI=1S/C20H16F6N2O2/c21-19(22,23)13-7-10-8-18(17(29)30-20(24,25)26)15-12(5-6-28(9-10)16(13)18)11-3-1-2-4-14(11)27-15/h1-4,7,10,16,27H,5-6,8-9H2. The number of alkyl halides is 6. The first-order valence-corrected chi connectivity index (χ1v) is 9.44. The number of carbonyl (C=O) groups is 1. The van der Waals surface area contributed by atoms with Crippen molar-refractivity contribution in [3.8, 4) is 0 Å². The molecule has 2 aromatic rings. The number of benzene rings is 1. The molecule has 1 N–H and O–H groups in total. The minimum Gasteiger partial charge on any atom is -0.372 e. The first kappa shape index (κ1) is 19.5. The van der Waals surface area contributed by atoms with Crippen LogP contribution in [-0.4, -0.2) is 47.5 Å². The Hall–Kier alpha value is -2.49. The molecule has 6 rings (SSSR count). The van der Waals surface area contributed by atoms with E-state index in [1.54, 1.807) is 24.3 Å². The van der Waals surface area contributed by atoms with Crippen LogP contribution in [0.4, 0.5) is 26.3 Å². The van der Waals surface area contributed by atoms with E-state index in [-0.39, 0.29) is 25.2 Å². The van der Waals surface area contributed by atoms with Crippen LogP contribution in [0.1, 0.15) is 17.7 Å². The third-order valence-electron chi connectivity index (χ3n) is 6.40. The van der Waals surface area contributed by atoms with Gasteiger partial charge >= 0.3 is 18.5 Å². The molecule has 1 aliphatic carbocycles. The van der Waals surface area contributed by atoms with E-state index in [2.05, 4.69) is 9.72 Å². The van der Waals surface area contributed by atoms with Gasteiger partial charge in [0.05, 0.1) is 6.04 Å². The molecule has 4 unspecified atom stereocenters. The highest BCUT2D eigenvalue weighted by molar-refractivity contribution is 5.92. The Morgan fingerprint density at radius 2 is 1.90 bits per heavy atom. The van der Waals surface area contributed by atoms with E-state index < -0.39 is 41.5 Å². The normalized spacial score (nSPS) is 30.6. The van der Waals surface area contributed by atoms with E-state index in [1.165, 1.54) is 4.90 Å². The number of rotatable bonds is 1. The van der Waals surface area contributed by atoms with E-state index in [0.717, 1.165) is 6.08 Å². The minimum atomic E-state index is -5.30. The van der Waals surface area contributed by atoms with Crippen LogP contribution in [0.15, 0.2) is 35.9 Å². The second-order valence-corrected chi connectivity index (χ2v) is 8.06. The van der Waals surface area contributed by atoms with Crippen molar-refractivity contribution in [2.45, 2.75) is 36.8 Å². The molecule has 0 saturated carbocycles. The molecule has 4 atom stereocenters. The molecule has 1 aromatic carbocycles. The number of halogens is 6. The number of piperidine rings is 1. The van der Waals surface area contributed by atoms with Crippen molar-refractivity contribution in [3.05, 3.63) is 47.2 Å². The maximum atomic E-state index is 13.9. The number of H-pyrrole nitrogens is 1. The summed E-state index contributed by atoms with van der Waals surface area (Å²) in [5.74, 6) is -2.41. The second kappa shape index (κ2) is 6.03. The molecule has 0 spiro atoms. The van der Waals surface area contributed by atoms with E-state index in [0.29, 0.717) is 22.9 Å². The molecule has 4 nitrogen and oxygen atoms in total. The number of aromatic nitrogens is 1. The van der Waals surface area contributed by atoms with Gasteiger partial charge in [0, 0.05) is 35.3 Å². The van der Waals surface area contributed by atoms with Gasteiger partial charge in [-0.25, -0.2) is 0 Å². The Morgan fingerprint density at radius 3 is 2.60 bits per heavy atom. The fourth-order valence-electron chi connectivity index (χ4n) is 5.52. The van der Waals surface area contributed by atoms with Crippen LogP contribution in [0.2, 0.25) is 0 Å². The van der Waals surface area contributed by atoms with E-state index >= 15 is 0 Å². The molecular formula is C20H16F6N2O2. The lowest BCUT2D eigenvalue weighted by atomic mass is 9.61. The summed E-state index contributed by atoms with van der Waals surface area (Å²) in [4.78, 5) is 17.5. The minimum absolute atomic E-state index is 0.102. The van der Waals surface area contributed by atoms with E-state index in [9.17, 15) is 31.1 Å². The summed E-state index contributed by atoms with van der Waals surface area (Å²) in [6, 6.07) is 5.30. The monoisotopic (exact) mass is 430 g/mol. The number of fused-ring (bicyclic) bond motifs is 3. The number of para-hydroxylation sites is 1. The zero-order valence-corrected chi connectivity index (χ0v) is 15.4. The first-order valence-electron chi connectivity index (χ1n) is 9.44. The zero-order chi connectivity index (χ0) is 21.5. The van der Waals surface area contributed by atoms with Crippen LogP contribution in [-0.2, 0) is 21.4 Å². The van der Waals surface area contributed by atoms with Gasteiger partial charge in [-0.2, -0.15) is 13.2 Å². The van der Waals surface area contributed by atoms with Gasteiger partial charge in [0.25, 0.3) is 0 Å². The summed E-state index contributed by atoms with van der Waals surface area (Å²) in [5, 5.41) is 0.689. The lowest BCUT2D eigenvalue weighted by molar-refractivity contribution is -0.310. The summed E-state index contributed by atoms with van der Waals surface area (Å²) in [7, 11) is 0. The first-order chi connectivity index (χ1) is 14.0. The van der Waals surface area contributed by atoms with E-state index in [1.807, 2.05) is 0 Å². The van der Waals surface area contributed by atoms with Gasteiger partial charge in [-0.3, -0.25) is 9.69 Å². The molecule has 10 heteroatoms. The van der Waals surface area contributed by atoms with Gasteiger partial charge in [-0.15, -0.1) is 13.2 Å². The summed E-state index contributed by atoms with van der Waals surface area (Å²) in [6.45, 7) is 0.456. The molecule has 0 radical (unpaired) electrons. The quantitative estimate of drug-likeness (QED) is 0.419. The predicted molar refractivity (Wildman–Crippen MR) is 93.4 cm³/mol. The van der Waals surface area contributed by atoms with Gasteiger partial charge in [-0.1, -0.05) is 24.3 Å². The Bertz CT molecular complexity index is 1070. The Morgan fingerprint density at radius 1 is 1.17 bits per heavy atom. The van der Waals surface area contributed by atoms with Crippen LogP contribution in [0.5, 0.6) is 0 Å². The molecular weight excluding hydrogens is 414 g/mol. The molecule has 3 aliphatic heterocycles. The van der Waals surface area contributed by atoms with Crippen molar-refractivity contribution in [1.82, 2.24) is 9.88 Å². The highest BCUT2D eigenvalue weighted by Gasteiger charge is 2.65. The SMILES string of the molecule is O=C(OC(F)(F)F)C12CC3C=C(C(F)(F)F)C1N(CCc1c2[nH]c2ccccc12)C3. The van der Waals surface area contributed by atoms with Crippen molar-refractivity contribution < 1.29 is 35.9 Å². The average molecular weight is 430 g/mol. The maximum absolute atomic E-state index is 13.9. The van der Waals surface area contributed by atoms with Gasteiger partial charge in [0.2, 0.25) is 0 Å². The number of carbonyl (C=O) groups excluding carboxylic acids is 1. The molecule has 0 amide bonds. The van der Waals surface area contributed by atoms with Crippen molar-refractivity contribution in [1.29, 1.82) is 0 Å².